The summed E-state index contributed by atoms with van der Waals surface area (Å²) in [5.41, 5.74) is 0.634. The van der Waals surface area contributed by atoms with E-state index in [4.69, 9.17) is 37.5 Å². The summed E-state index contributed by atoms with van der Waals surface area (Å²) in [6.45, 7) is 7.29. The Kier molecular flexibility index (Phi) is 16.0. The molecule has 2 unspecified atom stereocenters. The zero-order valence-electron chi connectivity index (χ0n) is 33.3. The maximum atomic E-state index is 13.9. The molecule has 2 heterocycles. The smallest absolute Gasteiger partial charge is 0.417 e. The molecular formula is C40H53N2O14PS. The number of rotatable bonds is 21. The Morgan fingerprint density at radius 3 is 2.29 bits per heavy atom. The van der Waals surface area contributed by atoms with Crippen LogP contribution in [0.25, 0.3) is 0 Å². The second-order valence-corrected chi connectivity index (χ2v) is 18.1. The lowest BCUT2D eigenvalue weighted by Crippen LogP contribution is -2.51. The number of aliphatic hydroxyl groups is 1. The molecule has 16 nitrogen and oxygen atoms in total. The van der Waals surface area contributed by atoms with Gasteiger partial charge in [0, 0.05) is 13.1 Å². The fourth-order valence-electron chi connectivity index (χ4n) is 6.46. The quantitative estimate of drug-likeness (QED) is 0.103. The third kappa shape index (κ3) is 12.4. The number of nitrogens with one attached hydrogen (secondary N) is 1. The lowest BCUT2D eigenvalue weighted by Gasteiger charge is -2.31. The van der Waals surface area contributed by atoms with E-state index in [1.807, 2.05) is 13.8 Å². The number of carbonyl (C=O) groups is 2. The van der Waals surface area contributed by atoms with Crippen LogP contribution in [0.1, 0.15) is 39.7 Å². The summed E-state index contributed by atoms with van der Waals surface area (Å²) in [6.07, 6.45) is -4.23. The number of hydrogen-bond acceptors (Lipinski definition) is 14. The summed E-state index contributed by atoms with van der Waals surface area (Å²) in [7, 11) is -6.68. The van der Waals surface area contributed by atoms with Crippen LogP contribution in [0.15, 0.2) is 83.8 Å². The summed E-state index contributed by atoms with van der Waals surface area (Å²) in [5, 5.41) is 14.5. The van der Waals surface area contributed by atoms with Crippen LogP contribution < -0.4 is 19.3 Å². The Morgan fingerprint density at radius 1 is 0.948 bits per heavy atom. The zero-order chi connectivity index (χ0) is 41.9. The Hall–Kier alpha value is -4.22. The minimum absolute atomic E-state index is 0.0229. The number of methoxy groups -OCH3 is 1. The molecule has 58 heavy (non-hydrogen) atoms. The first-order valence-electron chi connectivity index (χ1n) is 19.1. The van der Waals surface area contributed by atoms with Gasteiger partial charge in [-0.15, -0.1) is 0 Å². The van der Waals surface area contributed by atoms with Crippen molar-refractivity contribution in [3.05, 3.63) is 84.4 Å². The topological polar surface area (TPSA) is 195 Å². The molecule has 5 rings (SSSR count). The molecule has 0 spiro atoms. The van der Waals surface area contributed by atoms with Crippen molar-refractivity contribution < 1.29 is 65.1 Å². The number of sulfonamides is 1. The van der Waals surface area contributed by atoms with Gasteiger partial charge >= 0.3 is 19.7 Å². The highest BCUT2D eigenvalue weighted by Gasteiger charge is 2.44. The molecule has 0 aliphatic carbocycles. The van der Waals surface area contributed by atoms with Crippen LogP contribution in [-0.2, 0) is 49.3 Å². The average Bonchev–Trinajstić information content (AvgIpc) is 3.82. The maximum absolute atomic E-state index is 13.9. The van der Waals surface area contributed by atoms with Gasteiger partial charge in [0.2, 0.25) is 16.4 Å². The highest BCUT2D eigenvalue weighted by atomic mass is 32.2. The Balaban J connectivity index is 1.32. The van der Waals surface area contributed by atoms with Gasteiger partial charge in [-0.25, -0.2) is 22.6 Å². The number of aliphatic hydroxyl groups excluding tert-OH is 1. The number of nitrogens with zero attached hydrogens (tertiary/aromatic N) is 1. The molecule has 318 valence electrons. The molecule has 2 aliphatic heterocycles. The Morgan fingerprint density at radius 2 is 1.64 bits per heavy atom. The normalized spacial score (nSPS) is 20.4. The van der Waals surface area contributed by atoms with Crippen LogP contribution in [-0.4, -0.2) is 107 Å². The number of hydrogen-bond donors (Lipinski definition) is 2. The van der Waals surface area contributed by atoms with Crippen LogP contribution in [0.4, 0.5) is 4.79 Å². The summed E-state index contributed by atoms with van der Waals surface area (Å²) < 4.78 is 87.1. The van der Waals surface area contributed by atoms with E-state index in [1.54, 1.807) is 73.7 Å². The molecule has 2 N–H and O–H groups in total. The van der Waals surface area contributed by atoms with Crippen LogP contribution in [0.3, 0.4) is 0 Å². The first kappa shape index (κ1) is 44.9. The summed E-state index contributed by atoms with van der Waals surface area (Å²) in [6, 6.07) is 19.8. The monoisotopic (exact) mass is 848 g/mol. The molecule has 0 saturated carbocycles. The molecule has 7 atom stereocenters. The van der Waals surface area contributed by atoms with Gasteiger partial charge in [0.05, 0.1) is 49.9 Å². The lowest BCUT2D eigenvalue weighted by atomic mass is 10.0. The first-order valence-corrected chi connectivity index (χ1v) is 22.3. The molecule has 0 aromatic heterocycles. The third-order valence-corrected chi connectivity index (χ3v) is 12.8. The molecule has 2 aliphatic rings. The van der Waals surface area contributed by atoms with Gasteiger partial charge in [0.25, 0.3) is 0 Å². The van der Waals surface area contributed by atoms with Gasteiger partial charge in [0.1, 0.15) is 23.4 Å². The van der Waals surface area contributed by atoms with E-state index in [9.17, 15) is 27.7 Å². The van der Waals surface area contributed by atoms with Crippen molar-refractivity contribution in [2.45, 2.75) is 76.1 Å². The van der Waals surface area contributed by atoms with E-state index in [2.05, 4.69) is 5.32 Å². The average molecular weight is 849 g/mol. The first-order chi connectivity index (χ1) is 27.7. The molecule has 3 aromatic rings. The maximum Gasteiger partial charge on any atom is 0.417 e. The predicted molar refractivity (Wildman–Crippen MR) is 211 cm³/mol. The standard InChI is InChI=1S/C40H53N2O14PS/c1-6-50-38(44)28(4)55-57(46,56-32-10-8-7-9-11-32)26-53-31-14-12-29(13-15-31)22-35(41-40(45)54-37-25-52-39-34(37)20-21-51-39)36(43)24-42(23-27(2)3)58(47,48)33-18-16-30(49-5)17-19-33/h7-19,27-28,34-37,39,43H,6,20-26H2,1-5H3,(H,41,45)/t28-,34+,35+,36-,37+,39?,57?/m1/s1. The molecule has 0 radical (unpaired) electrons. The van der Waals surface area contributed by atoms with E-state index in [-0.39, 0.29) is 61.0 Å². The largest absolute Gasteiger partial charge is 0.497 e. The van der Waals surface area contributed by atoms with Crippen LogP contribution >= 0.6 is 7.60 Å². The van der Waals surface area contributed by atoms with Crippen molar-refractivity contribution in [2.24, 2.45) is 11.8 Å². The Bertz CT molecular complexity index is 1930. The van der Waals surface area contributed by atoms with Gasteiger partial charge in [-0.05, 0) is 86.7 Å². The molecule has 2 saturated heterocycles. The number of benzene rings is 3. The molecule has 3 aromatic carbocycles. The third-order valence-electron chi connectivity index (χ3n) is 9.36. The van der Waals surface area contributed by atoms with Crippen LogP contribution in [0.5, 0.6) is 17.2 Å². The molecule has 18 heteroatoms. The van der Waals surface area contributed by atoms with Crippen molar-refractivity contribution >= 4 is 29.7 Å². The van der Waals surface area contributed by atoms with Crippen molar-refractivity contribution in [3.63, 3.8) is 0 Å². The highest BCUT2D eigenvalue weighted by molar-refractivity contribution is 7.89. The number of carbonyl (C=O) groups excluding carboxylic acids is 2. The van der Waals surface area contributed by atoms with Gasteiger partial charge < -0.3 is 43.4 Å². The van der Waals surface area contributed by atoms with E-state index < -0.39 is 66.7 Å². The van der Waals surface area contributed by atoms with Crippen molar-refractivity contribution in [1.82, 2.24) is 9.62 Å². The fourth-order valence-corrected chi connectivity index (χ4v) is 9.55. The van der Waals surface area contributed by atoms with Crippen molar-refractivity contribution in [2.75, 3.05) is 46.4 Å². The predicted octanol–water partition coefficient (Wildman–Crippen LogP) is 5.38. The Labute approximate surface area is 339 Å². The van der Waals surface area contributed by atoms with E-state index in [1.165, 1.54) is 30.5 Å². The van der Waals surface area contributed by atoms with Gasteiger partial charge in [-0.2, -0.15) is 4.31 Å². The number of ether oxygens (including phenoxy) is 6. The minimum Gasteiger partial charge on any atom is -0.497 e. The van der Waals surface area contributed by atoms with Gasteiger partial charge in [-0.1, -0.05) is 44.2 Å². The van der Waals surface area contributed by atoms with Crippen molar-refractivity contribution in [3.8, 4) is 17.2 Å². The second-order valence-electron chi connectivity index (χ2n) is 14.3. The highest BCUT2D eigenvalue weighted by Crippen LogP contribution is 2.49. The molecule has 1 amide bonds. The summed E-state index contributed by atoms with van der Waals surface area (Å²) in [5.74, 6) is 0.0863. The number of esters is 1. The van der Waals surface area contributed by atoms with Gasteiger partial charge in [-0.3, -0.25) is 4.52 Å². The molecule has 2 fully saturated rings. The number of para-hydroxylation sites is 1. The SMILES string of the molecule is CCOC(=O)[C@@H](C)OP(=O)(COc1ccc(C[C@H](NC(=O)O[C@H]2COC3OCC[C@H]32)[C@H](O)CN(CC(C)C)S(=O)(=O)c2ccc(OC)cc2)cc1)Oc1ccccc1. The molecular weight excluding hydrogens is 795 g/mol. The fraction of sp³-hybridized carbons (Fsp3) is 0.500. The number of alkyl carbamates (subject to hydrolysis) is 1. The van der Waals surface area contributed by atoms with Crippen LogP contribution in [0.2, 0.25) is 0 Å². The van der Waals surface area contributed by atoms with E-state index in [0.29, 0.717) is 24.3 Å². The lowest BCUT2D eigenvalue weighted by molar-refractivity contribution is -0.150. The number of fused-ring (bicyclic) bond motifs is 1. The summed E-state index contributed by atoms with van der Waals surface area (Å²) in [4.78, 5) is 25.7. The van der Waals surface area contributed by atoms with Gasteiger partial charge in [0.15, 0.2) is 12.4 Å². The molecule has 0 bridgehead atoms. The summed E-state index contributed by atoms with van der Waals surface area (Å²) >= 11 is 0. The minimum atomic E-state index is -4.08. The number of amides is 1. The van der Waals surface area contributed by atoms with E-state index >= 15 is 0 Å². The van der Waals surface area contributed by atoms with Crippen LogP contribution in [0, 0.1) is 11.8 Å². The van der Waals surface area contributed by atoms with Crippen molar-refractivity contribution in [1.29, 1.82) is 0 Å². The zero-order valence-corrected chi connectivity index (χ0v) is 35.0. The second kappa shape index (κ2) is 20.7. The van der Waals surface area contributed by atoms with E-state index in [0.717, 1.165) is 0 Å².